The second-order valence-electron chi connectivity index (χ2n) is 9.00. The molecule has 186 valence electrons. The summed E-state index contributed by atoms with van der Waals surface area (Å²) >= 11 is 0. The van der Waals surface area contributed by atoms with Crippen molar-refractivity contribution in [1.82, 2.24) is 0 Å². The molecule has 4 heteroatoms. The van der Waals surface area contributed by atoms with Crippen LogP contribution in [-0.2, 0) is 28.3 Å². The van der Waals surface area contributed by atoms with Gasteiger partial charge in [0.2, 0.25) is 0 Å². The Hall–Kier alpha value is -1.77. The Bertz CT molecular complexity index is 1010. The fourth-order valence-electron chi connectivity index (χ4n) is 4.08. The topological polar surface area (TPSA) is 3.24 Å². The molecule has 0 atom stereocenters. The van der Waals surface area contributed by atoms with E-state index in [2.05, 4.69) is 125 Å². The minimum Gasteiger partial charge on any atom is -0.370 e. The quantitative estimate of drug-likeness (QED) is 0.221. The summed E-state index contributed by atoms with van der Waals surface area (Å²) in [6, 6.07) is 26.2. The molecule has 0 unspecified atom stereocenters. The van der Waals surface area contributed by atoms with Crippen LogP contribution >= 0.6 is 24.8 Å². The minimum atomic E-state index is 0. The van der Waals surface area contributed by atoms with E-state index in [-0.39, 0.29) is 46.5 Å². The number of nitrogens with zero attached hydrogens (tertiary/aromatic N) is 1. The number of hydrogen-bond acceptors (Lipinski definition) is 1. The van der Waals surface area contributed by atoms with Gasteiger partial charge in [-0.05, 0) is 51.8 Å². The van der Waals surface area contributed by atoms with Crippen LogP contribution in [0.1, 0.15) is 62.6 Å². The van der Waals surface area contributed by atoms with Gasteiger partial charge >= 0.3 is 0 Å². The molecule has 0 aliphatic heterocycles. The van der Waals surface area contributed by atoms with E-state index in [1.165, 1.54) is 33.5 Å². The van der Waals surface area contributed by atoms with Crippen molar-refractivity contribution in [2.45, 2.75) is 52.5 Å². The minimum absolute atomic E-state index is 0. The van der Waals surface area contributed by atoms with Crippen LogP contribution in [0.3, 0.4) is 0 Å². The molecule has 1 aliphatic rings. The molecule has 0 amide bonds. The molecule has 3 aromatic rings. The van der Waals surface area contributed by atoms with Gasteiger partial charge in [0.1, 0.15) is 0 Å². The molecule has 35 heavy (non-hydrogen) atoms. The Labute approximate surface area is 240 Å². The maximum atomic E-state index is 2.99. The van der Waals surface area contributed by atoms with E-state index in [1.54, 1.807) is 0 Å². The first-order valence-electron chi connectivity index (χ1n) is 11.7. The summed E-state index contributed by atoms with van der Waals surface area (Å²) < 4.78 is 0. The molecule has 0 bridgehead atoms. The molecule has 0 fully saturated rings. The molecule has 1 aliphatic carbocycles. The van der Waals surface area contributed by atoms with Crippen molar-refractivity contribution in [3.63, 3.8) is 0 Å². The first-order valence-corrected chi connectivity index (χ1v) is 11.7. The van der Waals surface area contributed by atoms with Crippen LogP contribution in [0.4, 0.5) is 5.69 Å². The Kier molecular flexibility index (Phi) is 16.0. The number of hydrogen-bond donors (Lipinski definition) is 0. The van der Waals surface area contributed by atoms with E-state index in [1.807, 2.05) is 12.2 Å². The van der Waals surface area contributed by atoms with E-state index < -0.39 is 0 Å². The maximum Gasteiger partial charge on any atom is 0.0431 e. The summed E-state index contributed by atoms with van der Waals surface area (Å²) in [5.74, 6) is 0.982. The van der Waals surface area contributed by atoms with Gasteiger partial charge in [0.15, 0.2) is 0 Å². The fourth-order valence-corrected chi connectivity index (χ4v) is 4.08. The van der Waals surface area contributed by atoms with Gasteiger partial charge in [0, 0.05) is 41.0 Å². The maximum absolute atomic E-state index is 2.99. The third-order valence-corrected chi connectivity index (χ3v) is 5.85. The average Bonchev–Trinajstić information content (AvgIpc) is 3.40. The molecule has 0 aromatic heterocycles. The molecule has 0 saturated heterocycles. The van der Waals surface area contributed by atoms with Gasteiger partial charge in [0.25, 0.3) is 0 Å². The summed E-state index contributed by atoms with van der Waals surface area (Å²) in [6.45, 7) is 10.2. The van der Waals surface area contributed by atoms with Gasteiger partial charge in [-0.3, -0.25) is 6.08 Å². The Morgan fingerprint density at radius 3 is 1.69 bits per heavy atom. The zero-order valence-corrected chi connectivity index (χ0v) is 24.7. The SMILES string of the molecule is CC(C)c1cc(-c2ccccc2)cc(C(C)C)c1CN(C)c1ccccc1.Cl.Cl.[C-]1=CC=CC1.[Ti]. The van der Waals surface area contributed by atoms with Crippen LogP contribution in [0.5, 0.6) is 0 Å². The van der Waals surface area contributed by atoms with Crippen molar-refractivity contribution in [2.75, 3.05) is 11.9 Å². The van der Waals surface area contributed by atoms with Crippen LogP contribution < -0.4 is 4.90 Å². The molecular formula is C31H38Cl2NTi-. The monoisotopic (exact) mass is 542 g/mol. The van der Waals surface area contributed by atoms with Crippen molar-refractivity contribution in [3.8, 4) is 11.1 Å². The molecule has 4 rings (SSSR count). The molecule has 0 saturated carbocycles. The zero-order valence-electron chi connectivity index (χ0n) is 21.5. The number of anilines is 1. The largest absolute Gasteiger partial charge is 0.370 e. The fraction of sp³-hybridized carbons (Fsp3) is 0.290. The summed E-state index contributed by atoms with van der Waals surface area (Å²) in [5, 5.41) is 0. The second-order valence-corrected chi connectivity index (χ2v) is 9.00. The zero-order chi connectivity index (χ0) is 22.9. The number of halogens is 2. The van der Waals surface area contributed by atoms with Crippen molar-refractivity contribution < 1.29 is 21.7 Å². The van der Waals surface area contributed by atoms with Crippen LogP contribution in [0.2, 0.25) is 0 Å². The standard InChI is InChI=1S/C26H31N.C5H5.2ClH.Ti/c1-19(2)24-16-22(21-12-8-6-9-13-21)17-25(20(3)4)26(24)18-27(5)23-14-10-7-11-15-23;1-2-4-5-3-1;;;/h6-17,19-20H,18H2,1-5H3;1-3H,4H2;2*1H;/q;-1;;;. The Morgan fingerprint density at radius 1 is 0.771 bits per heavy atom. The predicted molar refractivity (Wildman–Crippen MR) is 155 cm³/mol. The van der Waals surface area contributed by atoms with E-state index in [9.17, 15) is 0 Å². The van der Waals surface area contributed by atoms with Gasteiger partial charge in [-0.2, -0.15) is 6.08 Å². The molecule has 1 nitrogen and oxygen atoms in total. The summed E-state index contributed by atoms with van der Waals surface area (Å²) in [5.41, 5.74) is 8.28. The smallest absolute Gasteiger partial charge is 0.0431 e. The van der Waals surface area contributed by atoms with E-state index in [0.29, 0.717) is 11.8 Å². The van der Waals surface area contributed by atoms with Gasteiger partial charge in [0.05, 0.1) is 0 Å². The summed E-state index contributed by atoms with van der Waals surface area (Å²) in [6.07, 6.45) is 10.0. The third-order valence-electron chi connectivity index (χ3n) is 5.85. The number of rotatable bonds is 6. The number of para-hydroxylation sites is 1. The normalized spacial score (nSPS) is 11.2. The third kappa shape index (κ3) is 9.66. The number of allylic oxidation sites excluding steroid dienone is 4. The molecule has 3 aromatic carbocycles. The van der Waals surface area contributed by atoms with Crippen LogP contribution in [0.25, 0.3) is 11.1 Å². The summed E-state index contributed by atoms with van der Waals surface area (Å²) in [4.78, 5) is 2.36. The van der Waals surface area contributed by atoms with Gasteiger partial charge < -0.3 is 4.90 Å². The average molecular weight is 543 g/mol. The van der Waals surface area contributed by atoms with Gasteiger partial charge in [-0.15, -0.1) is 31.2 Å². The van der Waals surface area contributed by atoms with Crippen LogP contribution in [0, 0.1) is 6.08 Å². The Balaban J connectivity index is 0.00000129. The van der Waals surface area contributed by atoms with Gasteiger partial charge in [-0.25, -0.2) is 12.2 Å². The first-order chi connectivity index (χ1) is 15.5. The van der Waals surface area contributed by atoms with Crippen molar-refractivity contribution in [3.05, 3.63) is 114 Å². The predicted octanol–water partition coefficient (Wildman–Crippen LogP) is 9.38. The molecule has 0 N–H and O–H groups in total. The van der Waals surface area contributed by atoms with E-state index >= 15 is 0 Å². The summed E-state index contributed by atoms with van der Waals surface area (Å²) in [7, 11) is 2.19. The molecule has 0 spiro atoms. The number of benzene rings is 3. The van der Waals surface area contributed by atoms with Crippen LogP contribution in [-0.4, -0.2) is 7.05 Å². The first kappa shape index (κ1) is 33.2. The second kappa shape index (κ2) is 16.8. The van der Waals surface area contributed by atoms with Crippen molar-refractivity contribution >= 4 is 30.5 Å². The van der Waals surface area contributed by atoms with Crippen molar-refractivity contribution in [2.24, 2.45) is 0 Å². The molecule has 0 radical (unpaired) electrons. The van der Waals surface area contributed by atoms with Crippen LogP contribution in [0.15, 0.2) is 91.0 Å². The molecule has 0 heterocycles. The van der Waals surface area contributed by atoms with E-state index in [4.69, 9.17) is 0 Å². The van der Waals surface area contributed by atoms with Gasteiger partial charge in [-0.1, -0.05) is 88.4 Å². The van der Waals surface area contributed by atoms with E-state index in [0.717, 1.165) is 13.0 Å². The molecular weight excluding hydrogens is 505 g/mol. The Morgan fingerprint density at radius 2 is 1.29 bits per heavy atom. The van der Waals surface area contributed by atoms with Crippen molar-refractivity contribution in [1.29, 1.82) is 0 Å².